The molecule has 0 spiro atoms. The Bertz CT molecular complexity index is 234. The highest BCUT2D eigenvalue weighted by Crippen LogP contribution is 1.85. The van der Waals surface area contributed by atoms with Crippen molar-refractivity contribution in [2.75, 3.05) is 33.0 Å². The monoisotopic (exact) mass is 295 g/mol. The van der Waals surface area contributed by atoms with Crippen LogP contribution in [0.3, 0.4) is 0 Å². The predicted octanol–water partition coefficient (Wildman–Crippen LogP) is -1.80. The molecular weight excluding hydrogens is 270 g/mol. The maximum absolute atomic E-state index is 9.44. The molecule has 0 aromatic rings. The second-order valence-corrected chi connectivity index (χ2v) is 3.75. The Morgan fingerprint density at radius 3 is 1.75 bits per heavy atom. The molecular formula is C12H25NO7. The van der Waals surface area contributed by atoms with Crippen LogP contribution in [-0.4, -0.2) is 76.6 Å². The summed E-state index contributed by atoms with van der Waals surface area (Å²) in [5.41, 5.74) is 0. The topological polar surface area (TPSA) is 151 Å². The number of ether oxygens (including phenoxy) is 1. The van der Waals surface area contributed by atoms with E-state index in [1.54, 1.807) is 0 Å². The molecule has 0 aromatic heterocycles. The molecule has 0 heterocycles. The lowest BCUT2D eigenvalue weighted by atomic mass is 10.4. The van der Waals surface area contributed by atoms with Gasteiger partial charge in [-0.1, -0.05) is 0 Å². The number of ketones is 1. The molecule has 0 bridgehead atoms. The summed E-state index contributed by atoms with van der Waals surface area (Å²) in [5, 5.41) is 49.1. The van der Waals surface area contributed by atoms with Crippen LogP contribution in [0.2, 0.25) is 0 Å². The molecule has 20 heavy (non-hydrogen) atoms. The Morgan fingerprint density at radius 2 is 1.50 bits per heavy atom. The number of carbonyl (C=O) groups is 1. The van der Waals surface area contributed by atoms with Crippen LogP contribution in [0.5, 0.6) is 0 Å². The zero-order valence-electron chi connectivity index (χ0n) is 11.9. The second kappa shape index (κ2) is 20.2. The van der Waals surface area contributed by atoms with Crippen LogP contribution >= 0.6 is 0 Å². The molecule has 8 nitrogen and oxygen atoms in total. The molecule has 8 heteroatoms. The summed E-state index contributed by atoms with van der Waals surface area (Å²) in [6.07, 6.45) is -1.46. The van der Waals surface area contributed by atoms with E-state index in [1.807, 2.05) is 6.07 Å². The molecule has 120 valence electrons. The molecule has 0 aliphatic rings. The number of aliphatic hydroxyl groups is 5. The molecule has 0 aromatic carbocycles. The van der Waals surface area contributed by atoms with Gasteiger partial charge >= 0.3 is 0 Å². The summed E-state index contributed by atoms with van der Waals surface area (Å²) in [4.78, 5) is 9.44. The van der Waals surface area contributed by atoms with Gasteiger partial charge in [-0.25, -0.2) is 0 Å². The normalized spacial score (nSPS) is 10.6. The van der Waals surface area contributed by atoms with Crippen LogP contribution in [0.25, 0.3) is 0 Å². The van der Waals surface area contributed by atoms with Gasteiger partial charge in [-0.2, -0.15) is 5.26 Å². The average Bonchev–Trinajstić information content (AvgIpc) is 2.42. The van der Waals surface area contributed by atoms with Gasteiger partial charge in [0.2, 0.25) is 0 Å². The van der Waals surface area contributed by atoms with Crippen molar-refractivity contribution in [3.05, 3.63) is 0 Å². The SMILES string of the molecule is CC(C)=O.N#CCCOCC(O)CO.OCC(O)CO. The minimum Gasteiger partial charge on any atom is -0.394 e. The molecule has 0 fully saturated rings. The highest BCUT2D eigenvalue weighted by atomic mass is 16.5. The van der Waals surface area contributed by atoms with Gasteiger partial charge in [-0.3, -0.25) is 0 Å². The zero-order valence-corrected chi connectivity index (χ0v) is 11.9. The van der Waals surface area contributed by atoms with E-state index in [9.17, 15) is 4.79 Å². The van der Waals surface area contributed by atoms with Crippen molar-refractivity contribution in [2.45, 2.75) is 32.5 Å². The second-order valence-electron chi connectivity index (χ2n) is 3.75. The Kier molecular flexibility index (Phi) is 24.3. The fraction of sp³-hybridized carbons (Fsp3) is 0.833. The van der Waals surface area contributed by atoms with E-state index in [0.717, 1.165) is 0 Å². The van der Waals surface area contributed by atoms with Crippen LogP contribution in [-0.2, 0) is 9.53 Å². The van der Waals surface area contributed by atoms with E-state index >= 15 is 0 Å². The summed E-state index contributed by atoms with van der Waals surface area (Å²) >= 11 is 0. The molecule has 0 saturated heterocycles. The number of hydrogen-bond acceptors (Lipinski definition) is 8. The number of carbonyl (C=O) groups excluding carboxylic acids is 1. The average molecular weight is 295 g/mol. The summed E-state index contributed by atoms with van der Waals surface area (Å²) in [6, 6.07) is 1.89. The molecule has 1 unspecified atom stereocenters. The minimum absolute atomic E-state index is 0.0954. The van der Waals surface area contributed by atoms with Crippen molar-refractivity contribution in [3.63, 3.8) is 0 Å². The zero-order chi connectivity index (χ0) is 16.4. The number of Topliss-reactive ketones (excluding diaryl/α,β-unsaturated/α-hetero) is 1. The summed E-state index contributed by atoms with van der Waals surface area (Å²) < 4.78 is 4.79. The van der Waals surface area contributed by atoms with Crippen LogP contribution in [0.4, 0.5) is 0 Å². The smallest absolute Gasteiger partial charge is 0.126 e. The quantitative estimate of drug-likeness (QED) is 0.345. The van der Waals surface area contributed by atoms with E-state index in [0.29, 0.717) is 13.0 Å². The van der Waals surface area contributed by atoms with E-state index in [2.05, 4.69) is 0 Å². The number of hydrogen-bond donors (Lipinski definition) is 5. The van der Waals surface area contributed by atoms with Crippen molar-refractivity contribution in [1.82, 2.24) is 0 Å². The van der Waals surface area contributed by atoms with Crippen molar-refractivity contribution < 1.29 is 35.1 Å². The van der Waals surface area contributed by atoms with E-state index in [4.69, 9.17) is 35.5 Å². The van der Waals surface area contributed by atoms with E-state index in [-0.39, 0.29) is 32.2 Å². The van der Waals surface area contributed by atoms with E-state index in [1.165, 1.54) is 13.8 Å². The summed E-state index contributed by atoms with van der Waals surface area (Å²) in [5.74, 6) is 0.167. The third-order valence-electron chi connectivity index (χ3n) is 1.30. The molecule has 0 radical (unpaired) electrons. The Morgan fingerprint density at radius 1 is 1.10 bits per heavy atom. The number of rotatable bonds is 7. The Balaban J connectivity index is -0.000000246. The molecule has 1 atom stereocenters. The molecule has 5 N–H and O–H groups in total. The van der Waals surface area contributed by atoms with Crippen LogP contribution in [0, 0.1) is 11.3 Å². The van der Waals surface area contributed by atoms with Crippen molar-refractivity contribution in [2.24, 2.45) is 0 Å². The van der Waals surface area contributed by atoms with Crippen molar-refractivity contribution in [3.8, 4) is 6.07 Å². The maximum atomic E-state index is 9.44. The van der Waals surface area contributed by atoms with Gasteiger partial charge in [-0.05, 0) is 13.8 Å². The minimum atomic E-state index is -0.954. The lowest BCUT2D eigenvalue weighted by molar-refractivity contribution is -0.114. The molecule has 0 aliphatic carbocycles. The molecule has 0 amide bonds. The van der Waals surface area contributed by atoms with Gasteiger partial charge in [-0.15, -0.1) is 0 Å². The summed E-state index contributed by atoms with van der Waals surface area (Å²) in [6.45, 7) is 2.44. The molecule has 0 rings (SSSR count). The van der Waals surface area contributed by atoms with Gasteiger partial charge in [0.25, 0.3) is 0 Å². The van der Waals surface area contributed by atoms with Gasteiger partial charge in [0.15, 0.2) is 0 Å². The van der Waals surface area contributed by atoms with E-state index < -0.39 is 12.2 Å². The largest absolute Gasteiger partial charge is 0.394 e. The molecule has 0 saturated carbocycles. The first-order chi connectivity index (χ1) is 9.35. The lowest BCUT2D eigenvalue weighted by Crippen LogP contribution is -2.19. The Labute approximate surface area is 118 Å². The highest BCUT2D eigenvalue weighted by molar-refractivity contribution is 5.72. The van der Waals surface area contributed by atoms with Crippen molar-refractivity contribution in [1.29, 1.82) is 5.26 Å². The van der Waals surface area contributed by atoms with Crippen LogP contribution in [0.1, 0.15) is 20.3 Å². The number of nitrogens with zero attached hydrogens (tertiary/aromatic N) is 1. The summed E-state index contributed by atoms with van der Waals surface area (Å²) in [7, 11) is 0. The van der Waals surface area contributed by atoms with Gasteiger partial charge in [0.05, 0.1) is 45.5 Å². The van der Waals surface area contributed by atoms with Gasteiger partial charge in [0.1, 0.15) is 18.0 Å². The van der Waals surface area contributed by atoms with Crippen molar-refractivity contribution >= 4 is 5.78 Å². The number of nitriles is 1. The van der Waals surface area contributed by atoms with Crippen LogP contribution in [0.15, 0.2) is 0 Å². The van der Waals surface area contributed by atoms with Gasteiger partial charge < -0.3 is 35.1 Å². The standard InChI is InChI=1S/C6H11NO3.C3H8O3.C3H6O/c7-2-1-3-10-5-6(9)4-8;4-1-3(6)2-5;1-3(2)4/h6,8-9H,1,3-5H2;3-6H,1-2H2;1-2H3. The fourth-order valence-corrected chi connectivity index (χ4v) is 0.448. The highest BCUT2D eigenvalue weighted by Gasteiger charge is 1.99. The first kappa shape index (κ1) is 24.0. The fourth-order valence-electron chi connectivity index (χ4n) is 0.448. The lowest BCUT2D eigenvalue weighted by Gasteiger charge is -2.05. The third-order valence-corrected chi connectivity index (χ3v) is 1.30. The maximum Gasteiger partial charge on any atom is 0.126 e. The Hall–Kier alpha value is -1.08. The molecule has 0 aliphatic heterocycles. The predicted molar refractivity (Wildman–Crippen MR) is 70.7 cm³/mol. The third kappa shape index (κ3) is 36.0. The first-order valence-corrected chi connectivity index (χ1v) is 5.96. The van der Waals surface area contributed by atoms with Gasteiger partial charge in [0, 0.05) is 0 Å². The number of aliphatic hydroxyl groups excluding tert-OH is 5. The first-order valence-electron chi connectivity index (χ1n) is 5.96. The van der Waals surface area contributed by atoms with Crippen LogP contribution < -0.4 is 0 Å².